The summed E-state index contributed by atoms with van der Waals surface area (Å²) in [6.07, 6.45) is 4.73. The van der Waals surface area contributed by atoms with Crippen molar-refractivity contribution in [2.24, 2.45) is 5.73 Å². The molecule has 2 heteroatoms. The third-order valence-electron chi connectivity index (χ3n) is 4.59. The van der Waals surface area contributed by atoms with Gasteiger partial charge in [0.2, 0.25) is 0 Å². The maximum Gasteiger partial charge on any atom is 0.0743 e. The zero-order valence-corrected chi connectivity index (χ0v) is 13.7. The van der Waals surface area contributed by atoms with Crippen LogP contribution in [0.2, 0.25) is 0 Å². The molecule has 3 rings (SSSR count). The highest BCUT2D eigenvalue weighted by molar-refractivity contribution is 5.88. The van der Waals surface area contributed by atoms with Crippen LogP contribution in [-0.2, 0) is 18.4 Å². The molecule has 0 atom stereocenters. The Morgan fingerprint density at radius 3 is 2.52 bits per heavy atom. The van der Waals surface area contributed by atoms with Gasteiger partial charge < -0.3 is 5.73 Å². The number of para-hydroxylation sites is 1. The topological polar surface area (TPSA) is 38.9 Å². The molecule has 0 bridgehead atoms. The molecule has 1 aliphatic carbocycles. The van der Waals surface area contributed by atoms with Crippen LogP contribution < -0.4 is 5.73 Å². The summed E-state index contributed by atoms with van der Waals surface area (Å²) in [6.45, 7) is 8.73. The number of nitrogens with zero attached hydrogens (tertiary/aromatic N) is 1. The molecule has 2 nitrogen and oxygen atoms in total. The van der Waals surface area contributed by atoms with Gasteiger partial charge in [0.1, 0.15) is 0 Å². The number of hydrogen-bond acceptors (Lipinski definition) is 2. The third kappa shape index (κ3) is 2.46. The Morgan fingerprint density at radius 1 is 1.14 bits per heavy atom. The summed E-state index contributed by atoms with van der Waals surface area (Å²) in [5.41, 5.74) is 12.8. The number of aromatic nitrogens is 1. The van der Waals surface area contributed by atoms with Crippen LogP contribution in [0.5, 0.6) is 0 Å². The molecular formula is C19H26N2. The van der Waals surface area contributed by atoms with Crippen molar-refractivity contribution in [1.82, 2.24) is 4.98 Å². The number of hydrogen-bond donors (Lipinski definition) is 1. The number of rotatable bonds is 2. The molecule has 0 unspecified atom stereocenters. The Hall–Kier alpha value is -1.41. The van der Waals surface area contributed by atoms with E-state index >= 15 is 0 Å². The van der Waals surface area contributed by atoms with Crippen molar-refractivity contribution in [3.63, 3.8) is 0 Å². The average Bonchev–Trinajstić information content (AvgIpc) is 2.42. The molecular weight excluding hydrogens is 256 g/mol. The second-order valence-corrected chi connectivity index (χ2v) is 7.24. The predicted octanol–water partition coefficient (Wildman–Crippen LogP) is 4.43. The molecule has 0 saturated heterocycles. The summed E-state index contributed by atoms with van der Waals surface area (Å²) in [7, 11) is 0. The first kappa shape index (κ1) is 14.5. The molecule has 2 N–H and O–H groups in total. The van der Waals surface area contributed by atoms with Gasteiger partial charge in [0.25, 0.3) is 0 Å². The smallest absolute Gasteiger partial charge is 0.0743 e. The third-order valence-corrected chi connectivity index (χ3v) is 4.59. The van der Waals surface area contributed by atoms with Crippen LogP contribution in [-0.4, -0.2) is 4.98 Å². The van der Waals surface area contributed by atoms with Crippen LogP contribution in [0.3, 0.4) is 0 Å². The number of aryl methyl sites for hydroxylation is 1. The van der Waals surface area contributed by atoms with E-state index in [0.29, 0.717) is 5.92 Å². The summed E-state index contributed by atoms with van der Waals surface area (Å²) in [5, 5.41) is 1.26. The van der Waals surface area contributed by atoms with Crippen LogP contribution in [0, 0.1) is 0 Å². The van der Waals surface area contributed by atoms with Gasteiger partial charge in [-0.05, 0) is 62.1 Å². The van der Waals surface area contributed by atoms with Crippen molar-refractivity contribution >= 4 is 10.9 Å². The van der Waals surface area contributed by atoms with Gasteiger partial charge in [-0.2, -0.15) is 0 Å². The lowest BCUT2D eigenvalue weighted by molar-refractivity contribution is 0.541. The Labute approximate surface area is 127 Å². The standard InChI is InChI=1S/C19H26N2/c1-12(2)13-9-7-10-15-17(19(3,4)20)14-8-5-6-11-16(14)21-18(13)15/h7,9-10,12H,5-6,8,11,20H2,1-4H3. The molecule has 0 fully saturated rings. The van der Waals surface area contributed by atoms with Crippen LogP contribution in [0.1, 0.15) is 68.8 Å². The monoisotopic (exact) mass is 282 g/mol. The fourth-order valence-corrected chi connectivity index (χ4v) is 3.67. The molecule has 0 amide bonds. The summed E-state index contributed by atoms with van der Waals surface area (Å²) in [4.78, 5) is 5.06. The minimum absolute atomic E-state index is 0.321. The van der Waals surface area contributed by atoms with Gasteiger partial charge >= 0.3 is 0 Å². The van der Waals surface area contributed by atoms with E-state index in [9.17, 15) is 0 Å². The summed E-state index contributed by atoms with van der Waals surface area (Å²) in [5.74, 6) is 0.483. The van der Waals surface area contributed by atoms with Gasteiger partial charge in [0, 0.05) is 16.6 Å². The van der Waals surface area contributed by atoms with E-state index in [1.54, 1.807) is 0 Å². The lowest BCUT2D eigenvalue weighted by Gasteiger charge is -2.29. The van der Waals surface area contributed by atoms with Crippen LogP contribution in [0.15, 0.2) is 18.2 Å². The molecule has 0 aliphatic heterocycles. The number of pyridine rings is 1. The summed E-state index contributed by atoms with van der Waals surface area (Å²) in [6, 6.07) is 6.57. The molecule has 21 heavy (non-hydrogen) atoms. The number of fused-ring (bicyclic) bond motifs is 2. The maximum absolute atomic E-state index is 6.55. The normalized spacial score (nSPS) is 15.5. The molecule has 0 radical (unpaired) electrons. The molecule has 2 aromatic rings. The first-order chi connectivity index (χ1) is 9.89. The van der Waals surface area contributed by atoms with Crippen molar-refractivity contribution < 1.29 is 0 Å². The van der Waals surface area contributed by atoms with E-state index in [4.69, 9.17) is 10.7 Å². The number of benzene rings is 1. The Morgan fingerprint density at radius 2 is 1.86 bits per heavy atom. The molecule has 1 aromatic heterocycles. The van der Waals surface area contributed by atoms with Crippen LogP contribution in [0.4, 0.5) is 0 Å². The minimum atomic E-state index is -0.321. The fourth-order valence-electron chi connectivity index (χ4n) is 3.67. The average molecular weight is 282 g/mol. The highest BCUT2D eigenvalue weighted by Crippen LogP contribution is 2.37. The second-order valence-electron chi connectivity index (χ2n) is 7.24. The van der Waals surface area contributed by atoms with E-state index in [-0.39, 0.29) is 5.54 Å². The molecule has 0 spiro atoms. The lowest BCUT2D eigenvalue weighted by atomic mass is 9.81. The molecule has 1 aliphatic rings. The highest BCUT2D eigenvalue weighted by atomic mass is 14.8. The van der Waals surface area contributed by atoms with E-state index in [1.807, 2.05) is 0 Å². The molecule has 112 valence electrons. The Bertz CT molecular complexity index is 678. The van der Waals surface area contributed by atoms with Crippen LogP contribution in [0.25, 0.3) is 10.9 Å². The van der Waals surface area contributed by atoms with Crippen LogP contribution >= 0.6 is 0 Å². The second kappa shape index (κ2) is 5.10. The molecule has 1 heterocycles. The Balaban J connectivity index is 2.42. The SMILES string of the molecule is CC(C)c1cccc2c(C(C)(C)N)c3c(nc12)CCCC3. The minimum Gasteiger partial charge on any atom is -0.322 e. The van der Waals surface area contributed by atoms with E-state index in [2.05, 4.69) is 45.9 Å². The first-order valence-electron chi connectivity index (χ1n) is 8.13. The van der Waals surface area contributed by atoms with Crippen molar-refractivity contribution in [3.8, 4) is 0 Å². The van der Waals surface area contributed by atoms with Gasteiger partial charge in [0.05, 0.1) is 5.52 Å². The van der Waals surface area contributed by atoms with Gasteiger partial charge in [0.15, 0.2) is 0 Å². The largest absolute Gasteiger partial charge is 0.322 e. The fraction of sp³-hybridized carbons (Fsp3) is 0.526. The van der Waals surface area contributed by atoms with Crippen molar-refractivity contribution in [1.29, 1.82) is 0 Å². The van der Waals surface area contributed by atoms with Gasteiger partial charge in [-0.25, -0.2) is 0 Å². The predicted molar refractivity (Wildman–Crippen MR) is 89.7 cm³/mol. The van der Waals surface area contributed by atoms with Crippen molar-refractivity contribution in [2.75, 3.05) is 0 Å². The summed E-state index contributed by atoms with van der Waals surface area (Å²) < 4.78 is 0. The quantitative estimate of drug-likeness (QED) is 0.885. The van der Waals surface area contributed by atoms with Crippen molar-refractivity contribution in [3.05, 3.63) is 40.6 Å². The van der Waals surface area contributed by atoms with E-state index in [0.717, 1.165) is 12.8 Å². The highest BCUT2D eigenvalue weighted by Gasteiger charge is 2.27. The van der Waals surface area contributed by atoms with Gasteiger partial charge in [-0.1, -0.05) is 32.0 Å². The Kier molecular flexibility index (Phi) is 3.53. The molecule has 0 saturated carbocycles. The van der Waals surface area contributed by atoms with E-state index < -0.39 is 0 Å². The zero-order valence-electron chi connectivity index (χ0n) is 13.7. The summed E-state index contributed by atoms with van der Waals surface area (Å²) >= 11 is 0. The first-order valence-corrected chi connectivity index (χ1v) is 8.13. The lowest BCUT2D eigenvalue weighted by Crippen LogP contribution is -2.32. The van der Waals surface area contributed by atoms with Gasteiger partial charge in [-0.3, -0.25) is 4.98 Å². The van der Waals surface area contributed by atoms with Crippen molar-refractivity contribution in [2.45, 2.75) is 64.8 Å². The van der Waals surface area contributed by atoms with Gasteiger partial charge in [-0.15, -0.1) is 0 Å². The zero-order chi connectivity index (χ0) is 15.2. The molecule has 1 aromatic carbocycles. The maximum atomic E-state index is 6.55. The van der Waals surface area contributed by atoms with E-state index in [1.165, 1.54) is 46.1 Å². The number of nitrogens with two attached hydrogens (primary N) is 1.